The maximum atomic E-state index is 11.4. The van der Waals surface area contributed by atoms with Gasteiger partial charge in [0.2, 0.25) is 5.82 Å². The Balaban J connectivity index is 2.29. The second kappa shape index (κ2) is 5.36. The predicted octanol–water partition coefficient (Wildman–Crippen LogP) is 1.03. The van der Waals surface area contributed by atoms with Crippen LogP contribution in [0.3, 0.4) is 0 Å². The van der Waals surface area contributed by atoms with E-state index in [0.717, 1.165) is 19.3 Å². The number of carbonyl (C=O) groups is 1. The number of nitrogens with zero attached hydrogens (tertiary/aromatic N) is 2. The fourth-order valence-electron chi connectivity index (χ4n) is 1.10. The zero-order chi connectivity index (χ0) is 10.4. The van der Waals surface area contributed by atoms with E-state index in [-0.39, 0.29) is 11.7 Å². The number of aromatic amines is 1. The van der Waals surface area contributed by atoms with Gasteiger partial charge in [-0.2, -0.15) is 0 Å². The Morgan fingerprint density at radius 1 is 1.50 bits per heavy atom. The van der Waals surface area contributed by atoms with Gasteiger partial charge in [-0.1, -0.05) is 19.8 Å². The molecule has 1 amide bonds. The molecule has 0 saturated heterocycles. The van der Waals surface area contributed by atoms with Gasteiger partial charge in [-0.25, -0.2) is 4.98 Å². The van der Waals surface area contributed by atoms with Gasteiger partial charge in [0.1, 0.15) is 5.82 Å². The lowest BCUT2D eigenvalue weighted by Crippen LogP contribution is -2.25. The SMILES string of the molecule is CCCCCNC(=O)c1n[nH]c(C)n1. The molecule has 0 unspecified atom stereocenters. The molecular weight excluding hydrogens is 180 g/mol. The first-order valence-electron chi connectivity index (χ1n) is 4.91. The van der Waals surface area contributed by atoms with Crippen molar-refractivity contribution in [3.63, 3.8) is 0 Å². The Labute approximate surface area is 83.3 Å². The quantitative estimate of drug-likeness (QED) is 0.691. The van der Waals surface area contributed by atoms with Gasteiger partial charge in [-0.05, 0) is 13.3 Å². The Morgan fingerprint density at radius 2 is 2.29 bits per heavy atom. The van der Waals surface area contributed by atoms with Gasteiger partial charge in [0.15, 0.2) is 0 Å². The highest BCUT2D eigenvalue weighted by Crippen LogP contribution is 1.93. The third-order valence-electron chi connectivity index (χ3n) is 1.87. The fraction of sp³-hybridized carbons (Fsp3) is 0.667. The summed E-state index contributed by atoms with van der Waals surface area (Å²) in [6, 6.07) is 0. The number of H-pyrrole nitrogens is 1. The van der Waals surface area contributed by atoms with Crippen LogP contribution >= 0.6 is 0 Å². The van der Waals surface area contributed by atoms with Crippen LogP contribution in [-0.4, -0.2) is 27.6 Å². The summed E-state index contributed by atoms with van der Waals surface area (Å²) in [5.74, 6) is 0.674. The van der Waals surface area contributed by atoms with Gasteiger partial charge < -0.3 is 5.32 Å². The van der Waals surface area contributed by atoms with Crippen molar-refractivity contribution in [2.75, 3.05) is 6.54 Å². The minimum absolute atomic E-state index is 0.203. The van der Waals surface area contributed by atoms with Crippen molar-refractivity contribution >= 4 is 5.91 Å². The molecule has 0 aliphatic carbocycles. The molecule has 0 aliphatic rings. The van der Waals surface area contributed by atoms with Crippen LogP contribution in [0.2, 0.25) is 0 Å². The van der Waals surface area contributed by atoms with E-state index < -0.39 is 0 Å². The van der Waals surface area contributed by atoms with Gasteiger partial charge in [0.25, 0.3) is 5.91 Å². The number of unbranched alkanes of at least 4 members (excludes halogenated alkanes) is 2. The number of nitrogens with one attached hydrogen (secondary N) is 2. The number of aromatic nitrogens is 3. The van der Waals surface area contributed by atoms with Crippen molar-refractivity contribution in [2.45, 2.75) is 33.1 Å². The predicted molar refractivity (Wildman–Crippen MR) is 53.0 cm³/mol. The minimum atomic E-state index is -0.203. The second-order valence-corrected chi connectivity index (χ2v) is 3.21. The van der Waals surface area contributed by atoms with E-state index in [1.54, 1.807) is 6.92 Å². The summed E-state index contributed by atoms with van der Waals surface area (Å²) in [5.41, 5.74) is 0. The zero-order valence-corrected chi connectivity index (χ0v) is 8.63. The molecule has 0 atom stereocenters. The highest BCUT2D eigenvalue weighted by Gasteiger charge is 2.09. The lowest BCUT2D eigenvalue weighted by molar-refractivity contribution is 0.0943. The summed E-state index contributed by atoms with van der Waals surface area (Å²) in [5, 5.41) is 9.16. The Hall–Kier alpha value is -1.39. The minimum Gasteiger partial charge on any atom is -0.349 e. The van der Waals surface area contributed by atoms with E-state index in [0.29, 0.717) is 12.4 Å². The molecule has 0 radical (unpaired) electrons. The summed E-state index contributed by atoms with van der Waals surface area (Å²) < 4.78 is 0. The van der Waals surface area contributed by atoms with Crippen LogP contribution in [-0.2, 0) is 0 Å². The fourth-order valence-corrected chi connectivity index (χ4v) is 1.10. The summed E-state index contributed by atoms with van der Waals surface area (Å²) in [7, 11) is 0. The molecule has 1 heterocycles. The lowest BCUT2D eigenvalue weighted by Gasteiger charge is -2.00. The maximum absolute atomic E-state index is 11.4. The number of aryl methyl sites for hydroxylation is 1. The van der Waals surface area contributed by atoms with Crippen LogP contribution < -0.4 is 5.32 Å². The summed E-state index contributed by atoms with van der Waals surface area (Å²) in [6.45, 7) is 4.58. The third kappa shape index (κ3) is 3.16. The van der Waals surface area contributed by atoms with Crippen molar-refractivity contribution in [2.24, 2.45) is 0 Å². The van der Waals surface area contributed by atoms with E-state index in [2.05, 4.69) is 27.4 Å². The standard InChI is InChI=1S/C9H16N4O/c1-3-4-5-6-10-9(14)8-11-7(2)12-13-8/h3-6H2,1-2H3,(H,10,14)(H,11,12,13). The average molecular weight is 196 g/mol. The van der Waals surface area contributed by atoms with Gasteiger partial charge in [0.05, 0.1) is 0 Å². The molecule has 2 N–H and O–H groups in total. The number of hydrogen-bond donors (Lipinski definition) is 2. The summed E-state index contributed by atoms with van der Waals surface area (Å²) in [6.07, 6.45) is 3.29. The van der Waals surface area contributed by atoms with Crippen LogP contribution in [0.15, 0.2) is 0 Å². The molecule has 5 heteroatoms. The van der Waals surface area contributed by atoms with Crippen LogP contribution in [0.4, 0.5) is 0 Å². The first kappa shape index (κ1) is 10.7. The molecular formula is C9H16N4O. The van der Waals surface area contributed by atoms with E-state index >= 15 is 0 Å². The van der Waals surface area contributed by atoms with E-state index in [1.807, 2.05) is 0 Å². The Morgan fingerprint density at radius 3 is 2.86 bits per heavy atom. The molecule has 1 aromatic heterocycles. The summed E-state index contributed by atoms with van der Waals surface area (Å²) >= 11 is 0. The van der Waals surface area contributed by atoms with Gasteiger partial charge in [0, 0.05) is 6.54 Å². The molecule has 1 rings (SSSR count). The zero-order valence-electron chi connectivity index (χ0n) is 8.63. The highest BCUT2D eigenvalue weighted by molar-refractivity contribution is 5.90. The van der Waals surface area contributed by atoms with Gasteiger partial charge in [-0.3, -0.25) is 9.89 Å². The van der Waals surface area contributed by atoms with Crippen LogP contribution in [0.25, 0.3) is 0 Å². The Kier molecular flexibility index (Phi) is 4.10. The number of carbonyl (C=O) groups excluding carboxylic acids is 1. The van der Waals surface area contributed by atoms with Crippen LogP contribution in [0, 0.1) is 6.92 Å². The largest absolute Gasteiger partial charge is 0.349 e. The molecule has 0 saturated carbocycles. The van der Waals surface area contributed by atoms with Gasteiger partial charge in [-0.15, -0.1) is 5.10 Å². The van der Waals surface area contributed by atoms with Crippen LogP contribution in [0.1, 0.15) is 42.6 Å². The van der Waals surface area contributed by atoms with E-state index in [9.17, 15) is 4.79 Å². The van der Waals surface area contributed by atoms with E-state index in [1.165, 1.54) is 0 Å². The van der Waals surface area contributed by atoms with Crippen molar-refractivity contribution in [3.05, 3.63) is 11.6 Å². The highest BCUT2D eigenvalue weighted by atomic mass is 16.2. The van der Waals surface area contributed by atoms with Crippen molar-refractivity contribution in [1.29, 1.82) is 0 Å². The number of rotatable bonds is 5. The average Bonchev–Trinajstić information content (AvgIpc) is 2.59. The van der Waals surface area contributed by atoms with Crippen molar-refractivity contribution in [1.82, 2.24) is 20.5 Å². The molecule has 0 spiro atoms. The summed E-state index contributed by atoms with van der Waals surface area (Å²) in [4.78, 5) is 15.3. The molecule has 0 aliphatic heterocycles. The molecule has 5 nitrogen and oxygen atoms in total. The molecule has 14 heavy (non-hydrogen) atoms. The first-order valence-corrected chi connectivity index (χ1v) is 4.91. The molecule has 78 valence electrons. The normalized spacial score (nSPS) is 10.1. The molecule has 1 aromatic rings. The lowest BCUT2D eigenvalue weighted by atomic mass is 10.2. The molecule has 0 bridgehead atoms. The number of hydrogen-bond acceptors (Lipinski definition) is 3. The first-order chi connectivity index (χ1) is 6.74. The maximum Gasteiger partial charge on any atom is 0.290 e. The van der Waals surface area contributed by atoms with Crippen LogP contribution in [0.5, 0.6) is 0 Å². The Bertz CT molecular complexity index is 295. The number of amides is 1. The van der Waals surface area contributed by atoms with Gasteiger partial charge >= 0.3 is 0 Å². The second-order valence-electron chi connectivity index (χ2n) is 3.21. The van der Waals surface area contributed by atoms with Crippen molar-refractivity contribution in [3.8, 4) is 0 Å². The topological polar surface area (TPSA) is 70.7 Å². The molecule has 0 fully saturated rings. The van der Waals surface area contributed by atoms with Crippen molar-refractivity contribution < 1.29 is 4.79 Å². The monoisotopic (exact) mass is 196 g/mol. The third-order valence-corrected chi connectivity index (χ3v) is 1.87. The van der Waals surface area contributed by atoms with E-state index in [4.69, 9.17) is 0 Å². The molecule has 0 aromatic carbocycles. The smallest absolute Gasteiger partial charge is 0.290 e.